The normalized spacial score (nSPS) is 11.0. The lowest BCUT2D eigenvalue weighted by Gasteiger charge is -2.11. The lowest BCUT2D eigenvalue weighted by atomic mass is 10.2. The van der Waals surface area contributed by atoms with Crippen molar-refractivity contribution < 1.29 is 27.5 Å². The monoisotopic (exact) mass is 454 g/mol. The quantitative estimate of drug-likeness (QED) is 0.421. The maximum Gasteiger partial charge on any atom is 0.337 e. The first kappa shape index (κ1) is 23.7. The summed E-state index contributed by atoms with van der Waals surface area (Å²) in [6, 6.07) is 10.2. The van der Waals surface area contributed by atoms with Gasteiger partial charge in [0.1, 0.15) is 5.75 Å². The van der Waals surface area contributed by atoms with Crippen LogP contribution in [0.4, 0.5) is 5.69 Å². The molecule has 0 aromatic heterocycles. The van der Waals surface area contributed by atoms with Gasteiger partial charge in [-0.15, -0.1) is 0 Å². The largest absolute Gasteiger partial charge is 0.482 e. The van der Waals surface area contributed by atoms with Crippen molar-refractivity contribution in [1.29, 1.82) is 0 Å². The smallest absolute Gasteiger partial charge is 0.337 e. The number of halogens is 1. The molecule has 0 saturated heterocycles. The molecule has 162 valence electrons. The molecule has 0 aliphatic carbocycles. The second-order valence-corrected chi connectivity index (χ2v) is 8.42. The fourth-order valence-electron chi connectivity index (χ4n) is 2.38. The molecule has 1 amide bonds. The van der Waals surface area contributed by atoms with Crippen LogP contribution in [0, 0.1) is 0 Å². The molecule has 0 aliphatic heterocycles. The van der Waals surface area contributed by atoms with Gasteiger partial charge in [0.15, 0.2) is 6.61 Å². The van der Waals surface area contributed by atoms with Gasteiger partial charge in [-0.2, -0.15) is 0 Å². The third kappa shape index (κ3) is 6.72. The summed E-state index contributed by atoms with van der Waals surface area (Å²) in [7, 11) is -2.37. The summed E-state index contributed by atoms with van der Waals surface area (Å²) >= 11 is 6.11. The molecule has 2 aromatic carbocycles. The second kappa shape index (κ2) is 11.0. The summed E-state index contributed by atoms with van der Waals surface area (Å²) in [6.45, 7) is 1.97. The van der Waals surface area contributed by atoms with Crippen molar-refractivity contribution in [3.63, 3.8) is 0 Å². The summed E-state index contributed by atoms with van der Waals surface area (Å²) in [6.07, 6.45) is 1.60. The van der Waals surface area contributed by atoms with E-state index in [4.69, 9.17) is 16.3 Å². The Morgan fingerprint density at radius 3 is 2.40 bits per heavy atom. The van der Waals surface area contributed by atoms with Crippen molar-refractivity contribution >= 4 is 39.2 Å². The van der Waals surface area contributed by atoms with Gasteiger partial charge >= 0.3 is 5.97 Å². The van der Waals surface area contributed by atoms with E-state index in [1.54, 1.807) is 12.1 Å². The van der Waals surface area contributed by atoms with Crippen LogP contribution in [0.5, 0.6) is 5.75 Å². The van der Waals surface area contributed by atoms with Gasteiger partial charge in [-0.1, -0.05) is 24.9 Å². The van der Waals surface area contributed by atoms with E-state index in [0.29, 0.717) is 17.8 Å². The van der Waals surface area contributed by atoms with Gasteiger partial charge in [-0.3, -0.25) is 4.79 Å². The van der Waals surface area contributed by atoms with Crippen molar-refractivity contribution in [3.8, 4) is 5.75 Å². The van der Waals surface area contributed by atoms with Crippen LogP contribution in [0.1, 0.15) is 30.1 Å². The van der Waals surface area contributed by atoms with E-state index < -0.39 is 21.9 Å². The molecule has 2 aromatic rings. The number of carbonyl (C=O) groups is 2. The van der Waals surface area contributed by atoms with Crippen molar-refractivity contribution in [3.05, 3.63) is 53.1 Å². The van der Waals surface area contributed by atoms with Crippen LogP contribution in [-0.4, -0.2) is 40.6 Å². The predicted molar refractivity (Wildman–Crippen MR) is 113 cm³/mol. The van der Waals surface area contributed by atoms with Crippen molar-refractivity contribution in [2.45, 2.75) is 24.7 Å². The van der Waals surface area contributed by atoms with Crippen LogP contribution in [0.3, 0.4) is 0 Å². The van der Waals surface area contributed by atoms with Crippen LogP contribution >= 0.6 is 11.6 Å². The van der Waals surface area contributed by atoms with Crippen molar-refractivity contribution in [1.82, 2.24) is 4.72 Å². The number of amides is 1. The van der Waals surface area contributed by atoms with E-state index in [0.717, 1.165) is 12.8 Å². The SMILES string of the molecule is CCCCNS(=O)(=O)c1ccc(OCC(=O)Nc2ccc(C(=O)OC)cc2)c(Cl)c1. The first-order valence-electron chi connectivity index (χ1n) is 9.17. The number of ether oxygens (including phenoxy) is 2. The molecule has 0 heterocycles. The van der Waals surface area contributed by atoms with Crippen molar-refractivity contribution in [2.24, 2.45) is 0 Å². The van der Waals surface area contributed by atoms with Gasteiger partial charge < -0.3 is 14.8 Å². The highest BCUT2D eigenvalue weighted by atomic mass is 35.5. The Morgan fingerprint density at radius 2 is 1.80 bits per heavy atom. The lowest BCUT2D eigenvalue weighted by Crippen LogP contribution is -2.24. The number of rotatable bonds is 10. The third-order valence-corrected chi connectivity index (χ3v) is 5.74. The van der Waals surface area contributed by atoms with Crippen LogP contribution in [0.2, 0.25) is 5.02 Å². The first-order valence-corrected chi connectivity index (χ1v) is 11.0. The number of hydrogen-bond acceptors (Lipinski definition) is 6. The number of sulfonamides is 1. The minimum absolute atomic E-state index is 0.0195. The van der Waals surface area contributed by atoms with Crippen LogP contribution in [0.25, 0.3) is 0 Å². The fraction of sp³-hybridized carbons (Fsp3) is 0.300. The average Bonchev–Trinajstić information content (AvgIpc) is 2.73. The number of esters is 1. The molecule has 2 N–H and O–H groups in total. The number of carbonyl (C=O) groups excluding carboxylic acids is 2. The Hall–Kier alpha value is -2.62. The van der Waals surface area contributed by atoms with E-state index in [1.165, 1.54) is 37.4 Å². The predicted octanol–water partition coefficient (Wildman–Crippen LogP) is 3.22. The highest BCUT2D eigenvalue weighted by Crippen LogP contribution is 2.27. The molecule has 0 bridgehead atoms. The topological polar surface area (TPSA) is 111 Å². The Morgan fingerprint density at radius 1 is 1.10 bits per heavy atom. The van der Waals surface area contributed by atoms with Crippen LogP contribution in [-0.2, 0) is 19.6 Å². The molecular weight excluding hydrogens is 432 g/mol. The number of unbranched alkanes of at least 4 members (excludes halogenated alkanes) is 1. The van der Waals surface area contributed by atoms with Crippen molar-refractivity contribution in [2.75, 3.05) is 25.6 Å². The molecule has 2 rings (SSSR count). The zero-order chi connectivity index (χ0) is 22.1. The van der Waals surface area contributed by atoms with E-state index >= 15 is 0 Å². The Labute approximate surface area is 180 Å². The standard InChI is InChI=1S/C20H23ClN2O6S/c1-3-4-11-22-30(26,27)16-9-10-18(17(21)12-16)29-13-19(24)23-15-7-5-14(6-8-15)20(25)28-2/h5-10,12,22H,3-4,11,13H2,1-2H3,(H,23,24). The van der Waals surface area contributed by atoms with Gasteiger partial charge in [-0.25, -0.2) is 17.9 Å². The molecule has 0 aliphatic rings. The number of anilines is 1. The zero-order valence-corrected chi connectivity index (χ0v) is 18.2. The Bertz CT molecular complexity index is 993. The van der Waals surface area contributed by atoms with E-state index in [9.17, 15) is 18.0 Å². The van der Waals surface area contributed by atoms with Crippen LogP contribution in [0.15, 0.2) is 47.4 Å². The van der Waals surface area contributed by atoms with E-state index in [1.807, 2.05) is 6.92 Å². The number of benzene rings is 2. The molecular formula is C20H23ClN2O6S. The molecule has 10 heteroatoms. The van der Waals surface area contributed by atoms with Crippen LogP contribution < -0.4 is 14.8 Å². The highest BCUT2D eigenvalue weighted by molar-refractivity contribution is 7.89. The fourth-order valence-corrected chi connectivity index (χ4v) is 3.78. The molecule has 8 nitrogen and oxygen atoms in total. The zero-order valence-electron chi connectivity index (χ0n) is 16.6. The molecule has 0 radical (unpaired) electrons. The molecule has 0 fully saturated rings. The van der Waals surface area contributed by atoms with Gasteiger partial charge in [-0.05, 0) is 48.9 Å². The number of nitrogens with one attached hydrogen (secondary N) is 2. The maximum absolute atomic E-state index is 12.2. The second-order valence-electron chi connectivity index (χ2n) is 6.25. The molecule has 0 unspecified atom stereocenters. The van der Waals surface area contributed by atoms with E-state index in [-0.39, 0.29) is 22.3 Å². The summed E-state index contributed by atoms with van der Waals surface area (Å²) in [4.78, 5) is 23.5. The number of methoxy groups -OCH3 is 1. The van der Waals surface area contributed by atoms with E-state index in [2.05, 4.69) is 14.8 Å². The van der Waals surface area contributed by atoms with Gasteiger partial charge in [0.25, 0.3) is 5.91 Å². The molecule has 0 saturated carbocycles. The number of hydrogen-bond donors (Lipinski definition) is 2. The minimum atomic E-state index is -3.66. The van der Waals surface area contributed by atoms with Gasteiger partial charge in [0, 0.05) is 12.2 Å². The van der Waals surface area contributed by atoms with Gasteiger partial charge in [0.2, 0.25) is 10.0 Å². The molecule has 30 heavy (non-hydrogen) atoms. The van der Waals surface area contributed by atoms with Gasteiger partial charge in [0.05, 0.1) is 22.6 Å². The highest BCUT2D eigenvalue weighted by Gasteiger charge is 2.16. The lowest BCUT2D eigenvalue weighted by molar-refractivity contribution is -0.118. The third-order valence-electron chi connectivity index (χ3n) is 3.98. The summed E-state index contributed by atoms with van der Waals surface area (Å²) in [5.74, 6) is -0.743. The Kier molecular flexibility index (Phi) is 8.64. The summed E-state index contributed by atoms with van der Waals surface area (Å²) in [5, 5.41) is 2.69. The maximum atomic E-state index is 12.2. The molecule has 0 spiro atoms. The Balaban J connectivity index is 1.94. The first-order chi connectivity index (χ1) is 14.3. The minimum Gasteiger partial charge on any atom is -0.482 e. The average molecular weight is 455 g/mol. The summed E-state index contributed by atoms with van der Waals surface area (Å²) < 4.78 is 36.9. The molecule has 0 atom stereocenters. The summed E-state index contributed by atoms with van der Waals surface area (Å²) in [5.41, 5.74) is 0.833.